The molecule has 0 spiro atoms. The van der Waals surface area contributed by atoms with E-state index in [1.165, 1.54) is 0 Å². The normalized spacial score (nSPS) is 16.2. The average molecular weight is 330 g/mol. The molecule has 1 N–H and O–H groups in total. The first kappa shape index (κ1) is 16.4. The molecule has 2 aromatic rings. The van der Waals surface area contributed by atoms with Crippen molar-refractivity contribution in [1.82, 2.24) is 19.9 Å². The van der Waals surface area contributed by atoms with Gasteiger partial charge < -0.3 is 10.2 Å². The molecule has 0 aliphatic carbocycles. The smallest absolute Gasteiger partial charge is 0.338 e. The minimum absolute atomic E-state index is 0.0114. The number of piperazine rings is 1. The third-order valence-electron chi connectivity index (χ3n) is 3.92. The van der Waals surface area contributed by atoms with Gasteiger partial charge in [0, 0.05) is 37.4 Å². The van der Waals surface area contributed by atoms with Crippen LogP contribution in [0.4, 0.5) is 0 Å². The van der Waals surface area contributed by atoms with E-state index in [1.54, 1.807) is 17.1 Å². The molecule has 0 unspecified atom stereocenters. The maximum Gasteiger partial charge on any atom is 0.338 e. The number of pyridine rings is 1. The number of hydrogen-bond donors (Lipinski definition) is 1. The predicted octanol–water partition coefficient (Wildman–Crippen LogP) is 0.969. The minimum atomic E-state index is -0.605. The third kappa shape index (κ3) is 3.41. The Bertz CT molecular complexity index is 776. The van der Waals surface area contributed by atoms with Gasteiger partial charge in [-0.1, -0.05) is 0 Å². The maximum absolute atomic E-state index is 12.3. The Kier molecular flexibility index (Phi) is 4.28. The van der Waals surface area contributed by atoms with Crippen LogP contribution in [-0.4, -0.2) is 46.1 Å². The van der Waals surface area contributed by atoms with E-state index in [2.05, 4.69) is 10.3 Å². The number of carbonyl (C=O) groups excluding carboxylic acids is 2. The molecule has 1 aliphatic rings. The van der Waals surface area contributed by atoms with Gasteiger partial charge in [0.1, 0.15) is 0 Å². The lowest BCUT2D eigenvalue weighted by Crippen LogP contribution is -2.47. The van der Waals surface area contributed by atoms with Gasteiger partial charge in [0.15, 0.2) is 0 Å². The molecule has 0 saturated carbocycles. The maximum atomic E-state index is 12.3. The van der Waals surface area contributed by atoms with Gasteiger partial charge in [0.2, 0.25) is 5.91 Å². The summed E-state index contributed by atoms with van der Waals surface area (Å²) in [4.78, 5) is 35.7. The summed E-state index contributed by atoms with van der Waals surface area (Å²) >= 11 is 0. The molecule has 7 nitrogen and oxygen atoms in total. The Morgan fingerprint density at radius 2 is 2.21 bits per heavy atom. The van der Waals surface area contributed by atoms with Crippen LogP contribution in [0.5, 0.6) is 0 Å². The molecule has 1 fully saturated rings. The van der Waals surface area contributed by atoms with Gasteiger partial charge in [-0.2, -0.15) is 4.73 Å². The van der Waals surface area contributed by atoms with Crippen molar-refractivity contribution in [1.29, 1.82) is 0 Å². The van der Waals surface area contributed by atoms with Crippen molar-refractivity contribution >= 4 is 22.8 Å². The largest absolute Gasteiger partial charge is 0.354 e. The first-order chi connectivity index (χ1) is 11.3. The molecule has 1 aliphatic heterocycles. The summed E-state index contributed by atoms with van der Waals surface area (Å²) in [5, 5.41) is 3.71. The quantitative estimate of drug-likeness (QED) is 0.907. The molecule has 3 rings (SSSR count). The molecule has 24 heavy (non-hydrogen) atoms. The zero-order chi connectivity index (χ0) is 17.3. The van der Waals surface area contributed by atoms with Crippen LogP contribution in [0.15, 0.2) is 24.5 Å². The highest BCUT2D eigenvalue weighted by molar-refractivity contribution is 5.82. The van der Waals surface area contributed by atoms with Crippen LogP contribution >= 0.6 is 0 Å². The number of rotatable bonds is 3. The van der Waals surface area contributed by atoms with Crippen LogP contribution in [0.2, 0.25) is 0 Å². The predicted molar refractivity (Wildman–Crippen MR) is 89.1 cm³/mol. The van der Waals surface area contributed by atoms with E-state index >= 15 is 0 Å². The molecular weight excluding hydrogens is 308 g/mol. The van der Waals surface area contributed by atoms with Crippen LogP contribution in [0, 0.1) is 5.41 Å². The number of carbonyl (C=O) groups is 2. The summed E-state index contributed by atoms with van der Waals surface area (Å²) in [5.74, 6) is -0.299. The second kappa shape index (κ2) is 6.24. The summed E-state index contributed by atoms with van der Waals surface area (Å²) < 4.78 is 1.57. The SMILES string of the molecule is CC(C)(C)C(=O)On1c(CN2CCNC(=O)C2)cc2cnccc21. The summed E-state index contributed by atoms with van der Waals surface area (Å²) in [5.41, 5.74) is 1.01. The molecule has 0 radical (unpaired) electrons. The lowest BCUT2D eigenvalue weighted by molar-refractivity contribution is -0.153. The summed E-state index contributed by atoms with van der Waals surface area (Å²) in [7, 11) is 0. The number of aromatic nitrogens is 2. The monoisotopic (exact) mass is 330 g/mol. The van der Waals surface area contributed by atoms with Crippen molar-refractivity contribution in [2.24, 2.45) is 5.41 Å². The van der Waals surface area contributed by atoms with E-state index in [4.69, 9.17) is 4.84 Å². The molecule has 2 aromatic heterocycles. The fraction of sp³-hybridized carbons (Fsp3) is 0.471. The highest BCUT2D eigenvalue weighted by atomic mass is 16.7. The van der Waals surface area contributed by atoms with Crippen LogP contribution in [0.25, 0.3) is 10.9 Å². The van der Waals surface area contributed by atoms with E-state index < -0.39 is 5.41 Å². The van der Waals surface area contributed by atoms with Crippen molar-refractivity contribution in [2.75, 3.05) is 19.6 Å². The Morgan fingerprint density at radius 3 is 2.92 bits per heavy atom. The third-order valence-corrected chi connectivity index (χ3v) is 3.92. The molecule has 1 amide bonds. The Hall–Kier alpha value is -2.41. The van der Waals surface area contributed by atoms with Gasteiger partial charge in [0.05, 0.1) is 23.2 Å². The Morgan fingerprint density at radius 1 is 1.42 bits per heavy atom. The molecule has 0 atom stereocenters. The van der Waals surface area contributed by atoms with Crippen LogP contribution in [-0.2, 0) is 16.1 Å². The summed E-state index contributed by atoms with van der Waals surface area (Å²) in [6, 6.07) is 3.77. The van der Waals surface area contributed by atoms with Gasteiger partial charge in [-0.3, -0.25) is 14.7 Å². The van der Waals surface area contributed by atoms with Gasteiger partial charge in [0.25, 0.3) is 0 Å². The number of hydrogen-bond acceptors (Lipinski definition) is 5. The second-order valence-electron chi connectivity index (χ2n) is 7.05. The standard InChI is InChI=1S/C17H22N4O3/c1-17(2,3)16(23)24-21-13(8-12-9-18-5-4-14(12)21)10-20-7-6-19-15(22)11-20/h4-5,8-9H,6-7,10-11H2,1-3H3,(H,19,22). The summed E-state index contributed by atoms with van der Waals surface area (Å²) in [6.07, 6.45) is 3.41. The first-order valence-electron chi connectivity index (χ1n) is 8.01. The van der Waals surface area contributed by atoms with Crippen molar-refractivity contribution in [3.8, 4) is 0 Å². The molecular formula is C17H22N4O3. The van der Waals surface area contributed by atoms with E-state index in [1.807, 2.05) is 37.8 Å². The Labute approximate surface area is 140 Å². The average Bonchev–Trinajstić information content (AvgIpc) is 2.84. The van der Waals surface area contributed by atoms with Crippen molar-refractivity contribution in [3.05, 3.63) is 30.2 Å². The van der Waals surface area contributed by atoms with Crippen LogP contribution < -0.4 is 10.2 Å². The fourth-order valence-electron chi connectivity index (χ4n) is 2.58. The lowest BCUT2D eigenvalue weighted by Gasteiger charge is -2.27. The van der Waals surface area contributed by atoms with Crippen LogP contribution in [0.1, 0.15) is 26.5 Å². The number of nitrogens with one attached hydrogen (secondary N) is 1. The van der Waals surface area contributed by atoms with Crippen molar-refractivity contribution < 1.29 is 14.4 Å². The highest BCUT2D eigenvalue weighted by Gasteiger charge is 2.26. The van der Waals surface area contributed by atoms with E-state index in [9.17, 15) is 9.59 Å². The molecule has 128 valence electrons. The molecule has 0 bridgehead atoms. The lowest BCUT2D eigenvalue weighted by atomic mass is 9.98. The topological polar surface area (TPSA) is 76.5 Å². The van der Waals surface area contributed by atoms with E-state index in [0.29, 0.717) is 19.6 Å². The van der Waals surface area contributed by atoms with Crippen molar-refractivity contribution in [2.45, 2.75) is 27.3 Å². The fourth-order valence-corrected chi connectivity index (χ4v) is 2.58. The number of nitrogens with zero attached hydrogens (tertiary/aromatic N) is 3. The summed E-state index contributed by atoms with van der Waals surface area (Å²) in [6.45, 7) is 7.71. The molecule has 0 aromatic carbocycles. The van der Waals surface area contributed by atoms with Gasteiger partial charge >= 0.3 is 5.97 Å². The van der Waals surface area contributed by atoms with Crippen molar-refractivity contribution in [3.63, 3.8) is 0 Å². The zero-order valence-electron chi connectivity index (χ0n) is 14.2. The molecule has 1 saturated heterocycles. The molecule has 7 heteroatoms. The number of fused-ring (bicyclic) bond motifs is 1. The number of amides is 1. The Balaban J connectivity index is 1.92. The van der Waals surface area contributed by atoms with Crippen LogP contribution in [0.3, 0.4) is 0 Å². The van der Waals surface area contributed by atoms with Gasteiger partial charge in [-0.15, -0.1) is 0 Å². The first-order valence-corrected chi connectivity index (χ1v) is 8.01. The minimum Gasteiger partial charge on any atom is -0.354 e. The van der Waals surface area contributed by atoms with Gasteiger partial charge in [-0.05, 0) is 32.9 Å². The highest BCUT2D eigenvalue weighted by Crippen LogP contribution is 2.21. The van der Waals surface area contributed by atoms with E-state index in [-0.39, 0.29) is 11.9 Å². The van der Waals surface area contributed by atoms with Gasteiger partial charge in [-0.25, -0.2) is 4.79 Å². The zero-order valence-corrected chi connectivity index (χ0v) is 14.2. The molecule has 3 heterocycles. The second-order valence-corrected chi connectivity index (χ2v) is 7.05. The van der Waals surface area contributed by atoms with E-state index in [0.717, 1.165) is 23.1 Å².